The van der Waals surface area contributed by atoms with Gasteiger partial charge in [-0.1, -0.05) is 6.92 Å². The molecule has 0 atom stereocenters. The first kappa shape index (κ1) is 23.6. The van der Waals surface area contributed by atoms with Crippen molar-refractivity contribution in [2.24, 2.45) is 0 Å². The molecule has 0 radical (unpaired) electrons. The highest BCUT2D eigenvalue weighted by Gasteiger charge is 2.14. The molecule has 1 rings (SSSR count). The third-order valence-corrected chi connectivity index (χ3v) is 4.58. The van der Waals surface area contributed by atoms with Crippen LogP contribution >= 0.6 is 11.8 Å². The van der Waals surface area contributed by atoms with E-state index in [4.69, 9.17) is 14.2 Å². The first-order chi connectivity index (χ1) is 13.1. The molecule has 1 aromatic rings. The number of carbonyl (C=O) groups excluding carboxylic acids is 1. The molecule has 1 amide bonds. The van der Waals surface area contributed by atoms with Crippen molar-refractivity contribution in [2.75, 3.05) is 51.9 Å². The second-order valence-electron chi connectivity index (χ2n) is 5.71. The summed E-state index contributed by atoms with van der Waals surface area (Å²) in [6, 6.07) is 1.53. The van der Waals surface area contributed by atoms with Crippen LogP contribution in [0, 0.1) is 0 Å². The van der Waals surface area contributed by atoms with E-state index in [9.17, 15) is 15.0 Å². The maximum absolute atomic E-state index is 11.8. The van der Waals surface area contributed by atoms with Crippen LogP contribution in [0.2, 0.25) is 0 Å². The molecule has 0 bridgehead atoms. The second-order valence-corrected chi connectivity index (χ2v) is 6.85. The van der Waals surface area contributed by atoms with Crippen LogP contribution in [0.3, 0.4) is 0 Å². The number of nitrogens with one attached hydrogen (secondary N) is 1. The number of rotatable bonds is 16. The van der Waals surface area contributed by atoms with Crippen LogP contribution in [0.25, 0.3) is 0 Å². The monoisotopic (exact) mass is 404 g/mol. The van der Waals surface area contributed by atoms with E-state index >= 15 is 0 Å². The van der Waals surface area contributed by atoms with Crippen LogP contribution in [-0.2, 0) is 25.5 Å². The van der Waals surface area contributed by atoms with Crippen molar-refractivity contribution in [3.8, 4) is 11.8 Å². The van der Waals surface area contributed by atoms with Crippen LogP contribution in [0.15, 0.2) is 11.0 Å². The summed E-state index contributed by atoms with van der Waals surface area (Å²) in [4.78, 5) is 12.4. The molecule has 0 saturated heterocycles. The molecule has 0 aromatic carbocycles. The number of aromatic nitrogens is 1. The Labute approximate surface area is 165 Å². The zero-order valence-electron chi connectivity index (χ0n) is 16.2. The number of hydrogen-bond donors (Lipinski definition) is 3. The molecule has 1 aromatic heterocycles. The zero-order chi connectivity index (χ0) is 19.9. The molecule has 0 fully saturated rings. The maximum Gasteiger partial charge on any atom is 0.220 e. The van der Waals surface area contributed by atoms with Crippen LogP contribution in [0.1, 0.15) is 26.7 Å². The van der Waals surface area contributed by atoms with Crippen LogP contribution < -0.4 is 5.32 Å². The Morgan fingerprint density at radius 2 is 1.78 bits per heavy atom. The maximum atomic E-state index is 11.8. The molecule has 156 valence electrons. The highest BCUT2D eigenvalue weighted by Crippen LogP contribution is 2.35. The second kappa shape index (κ2) is 14.6. The van der Waals surface area contributed by atoms with Crippen molar-refractivity contribution >= 4 is 17.7 Å². The number of hydrogen-bond acceptors (Lipinski definition) is 7. The lowest BCUT2D eigenvalue weighted by Crippen LogP contribution is -2.27. The van der Waals surface area contributed by atoms with Crippen LogP contribution in [0.5, 0.6) is 11.8 Å². The normalized spacial score (nSPS) is 11.0. The lowest BCUT2D eigenvalue weighted by Gasteiger charge is -2.07. The average Bonchev–Trinajstić information content (AvgIpc) is 2.91. The van der Waals surface area contributed by atoms with Gasteiger partial charge in [0.05, 0.1) is 37.9 Å². The van der Waals surface area contributed by atoms with Gasteiger partial charge in [-0.25, -0.2) is 0 Å². The van der Waals surface area contributed by atoms with Crippen LogP contribution in [0.4, 0.5) is 0 Å². The number of nitrogens with zero attached hydrogens (tertiary/aromatic N) is 1. The van der Waals surface area contributed by atoms with E-state index in [2.05, 4.69) is 5.32 Å². The van der Waals surface area contributed by atoms with Gasteiger partial charge >= 0.3 is 0 Å². The van der Waals surface area contributed by atoms with E-state index in [0.29, 0.717) is 69.8 Å². The van der Waals surface area contributed by atoms with Crippen LogP contribution in [-0.4, -0.2) is 72.6 Å². The molecule has 27 heavy (non-hydrogen) atoms. The summed E-state index contributed by atoms with van der Waals surface area (Å²) in [6.45, 7) is 8.16. The van der Waals surface area contributed by atoms with Gasteiger partial charge in [0.2, 0.25) is 11.8 Å². The largest absolute Gasteiger partial charge is 0.494 e. The fourth-order valence-electron chi connectivity index (χ4n) is 2.24. The van der Waals surface area contributed by atoms with Gasteiger partial charge < -0.3 is 29.7 Å². The van der Waals surface area contributed by atoms with E-state index in [0.717, 1.165) is 6.42 Å². The first-order valence-corrected chi connectivity index (χ1v) is 10.3. The number of aromatic hydroxyl groups is 2. The third-order valence-electron chi connectivity index (χ3n) is 3.56. The topological polar surface area (TPSA) is 102 Å². The van der Waals surface area contributed by atoms with Crippen molar-refractivity contribution in [2.45, 2.75) is 38.1 Å². The van der Waals surface area contributed by atoms with Crippen molar-refractivity contribution < 1.29 is 29.2 Å². The highest BCUT2D eigenvalue weighted by molar-refractivity contribution is 7.99. The Balaban J connectivity index is 2.04. The van der Waals surface area contributed by atoms with Crippen molar-refractivity contribution in [1.29, 1.82) is 0 Å². The number of thioether (sulfide) groups is 1. The lowest BCUT2D eigenvalue weighted by molar-refractivity contribution is -0.120. The summed E-state index contributed by atoms with van der Waals surface area (Å²) >= 11 is 1.34. The summed E-state index contributed by atoms with van der Waals surface area (Å²) in [6.07, 6.45) is 1.13. The summed E-state index contributed by atoms with van der Waals surface area (Å²) in [7, 11) is 0. The molecule has 0 saturated carbocycles. The average molecular weight is 405 g/mol. The molecule has 0 aliphatic carbocycles. The van der Waals surface area contributed by atoms with Gasteiger partial charge in [0, 0.05) is 37.9 Å². The minimum atomic E-state index is -0.0734. The predicted octanol–water partition coefficient (Wildman–Crippen LogP) is 1.98. The van der Waals surface area contributed by atoms with Crippen molar-refractivity contribution in [1.82, 2.24) is 9.88 Å². The molecule has 3 N–H and O–H groups in total. The molecule has 1 heterocycles. The molecule has 0 aliphatic heterocycles. The van der Waals surface area contributed by atoms with E-state index in [-0.39, 0.29) is 17.7 Å². The fourth-order valence-corrected chi connectivity index (χ4v) is 3.18. The Hall–Kier alpha value is -1.42. The number of carbonyl (C=O) groups is 1. The Bertz CT molecular complexity index is 538. The van der Waals surface area contributed by atoms with Gasteiger partial charge in [0.25, 0.3) is 0 Å². The minimum absolute atomic E-state index is 0.0420. The summed E-state index contributed by atoms with van der Waals surface area (Å²) in [5.41, 5.74) is 0. The van der Waals surface area contributed by atoms with E-state index in [1.54, 1.807) is 0 Å². The van der Waals surface area contributed by atoms with E-state index < -0.39 is 0 Å². The predicted molar refractivity (Wildman–Crippen MR) is 105 cm³/mol. The van der Waals surface area contributed by atoms with Gasteiger partial charge in [-0.05, 0) is 13.3 Å². The number of amides is 1. The standard InChI is InChI=1S/C18H32N2O6S/c1-3-7-20-17(22)14-15(18(20)23)27-13-5-16(21)19-6-8-25-11-12-26-10-9-24-4-2/h14,22-23H,3-13H2,1-2H3,(H,19,21). The Morgan fingerprint density at radius 3 is 2.44 bits per heavy atom. The minimum Gasteiger partial charge on any atom is -0.494 e. The summed E-state index contributed by atoms with van der Waals surface area (Å²) in [5, 5.41) is 22.6. The highest BCUT2D eigenvalue weighted by atomic mass is 32.2. The first-order valence-electron chi connectivity index (χ1n) is 9.34. The zero-order valence-corrected chi connectivity index (χ0v) is 17.1. The van der Waals surface area contributed by atoms with Gasteiger partial charge in [-0.2, -0.15) is 0 Å². The molecule has 0 unspecified atom stereocenters. The van der Waals surface area contributed by atoms with Gasteiger partial charge in [0.1, 0.15) is 0 Å². The molecular formula is C18H32N2O6S. The molecule has 9 heteroatoms. The molecule has 0 aliphatic rings. The third kappa shape index (κ3) is 9.90. The Kier molecular flexibility index (Phi) is 12.8. The van der Waals surface area contributed by atoms with E-state index in [1.807, 2.05) is 13.8 Å². The molecule has 8 nitrogen and oxygen atoms in total. The van der Waals surface area contributed by atoms with Crippen molar-refractivity contribution in [3.05, 3.63) is 6.07 Å². The lowest BCUT2D eigenvalue weighted by atomic mass is 10.4. The summed E-state index contributed by atoms with van der Waals surface area (Å²) in [5.74, 6) is 0.538. The fraction of sp³-hybridized carbons (Fsp3) is 0.722. The smallest absolute Gasteiger partial charge is 0.220 e. The van der Waals surface area contributed by atoms with Gasteiger partial charge in [0.15, 0.2) is 5.88 Å². The Morgan fingerprint density at radius 1 is 1.11 bits per heavy atom. The quantitative estimate of drug-likeness (QED) is 0.286. The number of ether oxygens (including phenoxy) is 3. The van der Waals surface area contributed by atoms with Crippen molar-refractivity contribution in [3.63, 3.8) is 0 Å². The van der Waals surface area contributed by atoms with E-state index in [1.165, 1.54) is 22.4 Å². The molecular weight excluding hydrogens is 372 g/mol. The molecule has 0 spiro atoms. The van der Waals surface area contributed by atoms with Gasteiger partial charge in [-0.15, -0.1) is 11.8 Å². The van der Waals surface area contributed by atoms with Gasteiger partial charge in [-0.3, -0.25) is 9.36 Å². The summed E-state index contributed by atoms with van der Waals surface area (Å²) < 4.78 is 17.3. The SMILES string of the molecule is CCCn1c(O)cc(SCCC(=O)NCCOCCOCCOCC)c1O.